The number of hydrogen-bond donors (Lipinski definition) is 0. The van der Waals surface area contributed by atoms with Crippen molar-refractivity contribution in [1.82, 2.24) is 0 Å². The zero-order chi connectivity index (χ0) is 7.82. The van der Waals surface area contributed by atoms with Crippen molar-refractivity contribution in [2.45, 2.75) is 44.2 Å². The summed E-state index contributed by atoms with van der Waals surface area (Å²) in [4.78, 5) is 0. The van der Waals surface area contributed by atoms with Crippen LogP contribution in [0.2, 0.25) is 4.44 Å². The average Bonchev–Trinajstić information content (AvgIpc) is 1.87. The summed E-state index contributed by atoms with van der Waals surface area (Å²) in [7, 11) is 0. The van der Waals surface area contributed by atoms with Gasteiger partial charge in [-0.25, -0.2) is 0 Å². The first-order valence-electron chi connectivity index (χ1n) is 4.09. The van der Waals surface area contributed by atoms with Gasteiger partial charge in [0.1, 0.15) is 0 Å². The summed E-state index contributed by atoms with van der Waals surface area (Å²) in [5, 5.41) is 0. The molecule has 0 aliphatic rings. The Kier molecular flexibility index (Phi) is 8.46. The number of ether oxygens (including phenoxy) is 1. The predicted molar refractivity (Wildman–Crippen MR) is 46.6 cm³/mol. The van der Waals surface area contributed by atoms with Crippen LogP contribution in [0, 0.1) is 0 Å². The van der Waals surface area contributed by atoms with Crippen LogP contribution in [0.4, 0.5) is 0 Å². The summed E-state index contributed by atoms with van der Waals surface area (Å²) in [5.74, 6) is 0. The van der Waals surface area contributed by atoms with Crippen LogP contribution < -0.4 is 0 Å². The van der Waals surface area contributed by atoms with E-state index in [0.717, 1.165) is 4.62 Å². The molecule has 0 heterocycles. The van der Waals surface area contributed by atoms with Gasteiger partial charge in [-0.15, -0.1) is 0 Å². The summed E-state index contributed by atoms with van der Waals surface area (Å²) < 4.78 is 8.07. The molecule has 0 aromatic rings. The Bertz CT molecular complexity index is 64.3. The zero-order valence-electron chi connectivity index (χ0n) is 7.31. The van der Waals surface area contributed by atoms with Gasteiger partial charge in [0.15, 0.2) is 0 Å². The van der Waals surface area contributed by atoms with Crippen molar-refractivity contribution in [2.24, 2.45) is 0 Å². The molecule has 0 rings (SSSR count). The molecule has 0 aliphatic carbocycles. The van der Waals surface area contributed by atoms with Gasteiger partial charge in [-0.2, -0.15) is 0 Å². The molecule has 0 spiro atoms. The summed E-state index contributed by atoms with van der Waals surface area (Å²) in [6.45, 7) is 6.47. The van der Waals surface area contributed by atoms with Crippen molar-refractivity contribution >= 4 is 21.1 Å². The van der Waals surface area contributed by atoms with E-state index in [1.165, 1.54) is 17.3 Å². The van der Waals surface area contributed by atoms with E-state index in [-0.39, 0.29) is 21.1 Å². The van der Waals surface area contributed by atoms with Crippen LogP contribution in [0.15, 0.2) is 0 Å². The number of rotatable bonds is 6. The third-order valence-corrected chi connectivity index (χ3v) is 4.30. The molecule has 0 amide bonds. The molecule has 2 heteroatoms. The van der Waals surface area contributed by atoms with Crippen LogP contribution in [0.5, 0.6) is 0 Å². The quantitative estimate of drug-likeness (QED) is 0.518. The second-order valence-corrected chi connectivity index (χ2v) is 6.39. The first-order chi connectivity index (χ1) is 4.77. The molecule has 0 aromatic heterocycles. The molecule has 2 radical (unpaired) electrons. The van der Waals surface area contributed by atoms with Crippen molar-refractivity contribution < 1.29 is 4.74 Å². The van der Waals surface area contributed by atoms with E-state index < -0.39 is 0 Å². The van der Waals surface area contributed by atoms with Crippen LogP contribution >= 0.6 is 0 Å². The molecule has 0 fully saturated rings. The van der Waals surface area contributed by atoms with Gasteiger partial charge >= 0.3 is 74.7 Å². The average molecular weight is 249 g/mol. The first kappa shape index (κ1) is 10.8. The Hall–Kier alpha value is 0.759. The van der Waals surface area contributed by atoms with Crippen LogP contribution in [0.25, 0.3) is 0 Å². The molecule has 60 valence electrons. The van der Waals surface area contributed by atoms with Crippen molar-refractivity contribution in [2.75, 3.05) is 4.62 Å². The second kappa shape index (κ2) is 7.86. The van der Waals surface area contributed by atoms with E-state index >= 15 is 0 Å². The Balaban J connectivity index is 2.77. The van der Waals surface area contributed by atoms with Crippen molar-refractivity contribution in [3.05, 3.63) is 0 Å². The zero-order valence-corrected chi connectivity index (χ0v) is 10.2. The maximum absolute atomic E-state index is 5.46. The standard InChI is InChI=1S/C4H9O.C4H9.Sn/c1-4(2)5-3;1-3-4-2;/h4H,3H2,1-2H3;1,3-4H2,2H3;. The van der Waals surface area contributed by atoms with Gasteiger partial charge in [-0.05, 0) is 0 Å². The van der Waals surface area contributed by atoms with E-state index in [2.05, 4.69) is 20.8 Å². The summed E-state index contributed by atoms with van der Waals surface area (Å²) in [6.07, 6.45) is 3.22. The fraction of sp³-hybridized carbons (Fsp3) is 1.00. The van der Waals surface area contributed by atoms with Crippen LogP contribution in [-0.4, -0.2) is 31.9 Å². The van der Waals surface area contributed by atoms with Crippen LogP contribution in [0.1, 0.15) is 33.6 Å². The summed E-state index contributed by atoms with van der Waals surface area (Å²) >= 11 is -0.110. The van der Waals surface area contributed by atoms with Crippen molar-refractivity contribution in [3.8, 4) is 0 Å². The Morgan fingerprint density at radius 3 is 2.60 bits per heavy atom. The third kappa shape index (κ3) is 8.76. The monoisotopic (exact) mass is 250 g/mol. The van der Waals surface area contributed by atoms with E-state index in [1.807, 2.05) is 0 Å². The molecule has 0 aliphatic heterocycles. The fourth-order valence-corrected chi connectivity index (χ4v) is 4.02. The van der Waals surface area contributed by atoms with Gasteiger partial charge in [-0.1, -0.05) is 0 Å². The molecule has 0 aromatic carbocycles. The topological polar surface area (TPSA) is 9.23 Å². The van der Waals surface area contributed by atoms with E-state index in [9.17, 15) is 0 Å². The minimum atomic E-state index is -0.110. The molecule has 0 unspecified atom stereocenters. The second-order valence-electron chi connectivity index (χ2n) is 2.71. The maximum atomic E-state index is 5.46. The molecule has 0 saturated heterocycles. The summed E-state index contributed by atoms with van der Waals surface area (Å²) in [5.41, 5.74) is 0. The molecule has 0 N–H and O–H groups in total. The van der Waals surface area contributed by atoms with E-state index in [0.29, 0.717) is 6.10 Å². The normalized spacial score (nSPS) is 10.8. The van der Waals surface area contributed by atoms with Gasteiger partial charge in [-0.3, -0.25) is 0 Å². The molecular weight excluding hydrogens is 231 g/mol. The van der Waals surface area contributed by atoms with E-state index in [1.54, 1.807) is 0 Å². The first-order valence-corrected chi connectivity index (χ1v) is 8.13. The van der Waals surface area contributed by atoms with Gasteiger partial charge in [0, 0.05) is 0 Å². The number of unbranched alkanes of at least 4 members (excludes halogenated alkanes) is 1. The summed E-state index contributed by atoms with van der Waals surface area (Å²) in [6, 6.07) is 0. The molecular formula is C8H18OSn. The van der Waals surface area contributed by atoms with Crippen molar-refractivity contribution in [1.29, 1.82) is 0 Å². The molecule has 1 nitrogen and oxygen atoms in total. The van der Waals surface area contributed by atoms with Crippen molar-refractivity contribution in [3.63, 3.8) is 0 Å². The van der Waals surface area contributed by atoms with Crippen LogP contribution in [0.3, 0.4) is 0 Å². The third-order valence-electron chi connectivity index (χ3n) is 1.23. The molecule has 10 heavy (non-hydrogen) atoms. The predicted octanol–water partition coefficient (Wildman–Crippen LogP) is 2.29. The fourth-order valence-electron chi connectivity index (χ4n) is 0.600. The SMILES string of the molecule is CCC[CH2][Sn][CH2]OC(C)C. The Labute approximate surface area is 74.8 Å². The number of hydrogen-bond acceptors (Lipinski definition) is 1. The van der Waals surface area contributed by atoms with Gasteiger partial charge in [0.05, 0.1) is 0 Å². The van der Waals surface area contributed by atoms with E-state index in [4.69, 9.17) is 4.74 Å². The minimum absolute atomic E-state index is 0.110. The molecule has 0 atom stereocenters. The Morgan fingerprint density at radius 1 is 1.40 bits per heavy atom. The van der Waals surface area contributed by atoms with Gasteiger partial charge in [0.25, 0.3) is 0 Å². The van der Waals surface area contributed by atoms with Crippen LogP contribution in [-0.2, 0) is 4.74 Å². The Morgan fingerprint density at radius 2 is 2.10 bits per heavy atom. The molecule has 0 saturated carbocycles. The molecule has 0 bridgehead atoms. The van der Waals surface area contributed by atoms with Gasteiger partial charge in [0.2, 0.25) is 0 Å². The van der Waals surface area contributed by atoms with Gasteiger partial charge < -0.3 is 0 Å².